The zero-order valence-electron chi connectivity index (χ0n) is 8.86. The van der Waals surface area contributed by atoms with Crippen molar-refractivity contribution in [1.29, 1.82) is 0 Å². The van der Waals surface area contributed by atoms with Crippen LogP contribution in [0.1, 0.15) is 25.5 Å². The summed E-state index contributed by atoms with van der Waals surface area (Å²) in [7, 11) is 1.70. The van der Waals surface area contributed by atoms with Gasteiger partial charge in [-0.3, -0.25) is 4.98 Å². The Morgan fingerprint density at radius 3 is 3.00 bits per heavy atom. The largest absolute Gasteiger partial charge is 0.502 e. The van der Waals surface area contributed by atoms with Crippen molar-refractivity contribution in [3.8, 4) is 0 Å². The molecule has 0 bridgehead atoms. The fourth-order valence-electron chi connectivity index (χ4n) is 1.22. The van der Waals surface area contributed by atoms with E-state index in [2.05, 4.69) is 17.1 Å². The van der Waals surface area contributed by atoms with Gasteiger partial charge in [0.25, 0.3) is 0 Å². The number of hydrogen-bond acceptors (Lipinski definition) is 2. The molecule has 0 aliphatic heterocycles. The summed E-state index contributed by atoms with van der Waals surface area (Å²) in [6.07, 6.45) is 7.16. The number of pyridine rings is 1. The lowest BCUT2D eigenvalue weighted by Crippen LogP contribution is -1.88. The van der Waals surface area contributed by atoms with E-state index in [1.54, 1.807) is 7.11 Å². The fourth-order valence-corrected chi connectivity index (χ4v) is 1.22. The Balaban J connectivity index is 2.23. The van der Waals surface area contributed by atoms with Crippen molar-refractivity contribution in [1.82, 2.24) is 4.98 Å². The molecule has 0 saturated heterocycles. The van der Waals surface area contributed by atoms with Crippen LogP contribution in [-0.2, 0) is 11.2 Å². The number of nitrogens with zero attached hydrogens (tertiary/aromatic N) is 1. The molecule has 0 saturated carbocycles. The summed E-state index contributed by atoms with van der Waals surface area (Å²) in [5, 5.41) is 0. The van der Waals surface area contributed by atoms with E-state index in [0.29, 0.717) is 0 Å². The third-order valence-electron chi connectivity index (χ3n) is 2.12. The maximum Gasteiger partial charge on any atom is 0.0884 e. The molecule has 0 fully saturated rings. The number of unbranched alkanes of at least 4 members (excludes halogenated alkanes) is 1. The van der Waals surface area contributed by atoms with Gasteiger partial charge in [0.15, 0.2) is 0 Å². The molecule has 1 aromatic rings. The predicted octanol–water partition coefficient (Wildman–Crippen LogP) is 2.95. The Kier molecular flexibility index (Phi) is 4.76. The SMILES string of the molecule is CO/C(C)=C/CCCc1ccccn1. The van der Waals surface area contributed by atoms with E-state index in [1.165, 1.54) is 0 Å². The minimum atomic E-state index is 0.992. The molecule has 76 valence electrons. The average molecular weight is 191 g/mol. The van der Waals surface area contributed by atoms with Crippen LogP contribution in [0.25, 0.3) is 0 Å². The van der Waals surface area contributed by atoms with Crippen LogP contribution >= 0.6 is 0 Å². The molecule has 0 aromatic carbocycles. The zero-order chi connectivity index (χ0) is 10.2. The van der Waals surface area contributed by atoms with Crippen LogP contribution in [0, 0.1) is 0 Å². The molecule has 1 rings (SSSR count). The number of rotatable bonds is 5. The molecule has 0 radical (unpaired) electrons. The van der Waals surface area contributed by atoms with E-state index in [4.69, 9.17) is 4.74 Å². The number of methoxy groups -OCH3 is 1. The highest BCUT2D eigenvalue weighted by Crippen LogP contribution is 2.04. The van der Waals surface area contributed by atoms with E-state index in [0.717, 1.165) is 30.7 Å². The molecule has 14 heavy (non-hydrogen) atoms. The van der Waals surface area contributed by atoms with Crippen molar-refractivity contribution in [2.75, 3.05) is 7.11 Å². The maximum atomic E-state index is 5.05. The van der Waals surface area contributed by atoms with E-state index in [1.807, 2.05) is 25.3 Å². The van der Waals surface area contributed by atoms with Crippen molar-refractivity contribution in [3.63, 3.8) is 0 Å². The van der Waals surface area contributed by atoms with Crippen LogP contribution in [-0.4, -0.2) is 12.1 Å². The van der Waals surface area contributed by atoms with Gasteiger partial charge in [0.2, 0.25) is 0 Å². The molecule has 0 unspecified atom stereocenters. The lowest BCUT2D eigenvalue weighted by molar-refractivity contribution is 0.291. The standard InChI is InChI=1S/C12H17NO/c1-11(14-2)7-3-4-8-12-9-5-6-10-13-12/h5-7,9-10H,3-4,8H2,1-2H3/b11-7+. The van der Waals surface area contributed by atoms with Crippen molar-refractivity contribution >= 4 is 0 Å². The Morgan fingerprint density at radius 1 is 1.50 bits per heavy atom. The zero-order valence-corrected chi connectivity index (χ0v) is 8.86. The van der Waals surface area contributed by atoms with Gasteiger partial charge in [-0.1, -0.05) is 6.07 Å². The minimum absolute atomic E-state index is 0.992. The Morgan fingerprint density at radius 2 is 2.36 bits per heavy atom. The van der Waals surface area contributed by atoms with Crippen LogP contribution in [0.2, 0.25) is 0 Å². The molecule has 0 aliphatic rings. The lowest BCUT2D eigenvalue weighted by Gasteiger charge is -1.99. The summed E-state index contributed by atoms with van der Waals surface area (Å²) in [6, 6.07) is 6.03. The number of aromatic nitrogens is 1. The topological polar surface area (TPSA) is 22.1 Å². The van der Waals surface area contributed by atoms with Gasteiger partial charge in [0.05, 0.1) is 12.9 Å². The van der Waals surface area contributed by atoms with Crippen LogP contribution in [0.3, 0.4) is 0 Å². The van der Waals surface area contributed by atoms with Gasteiger partial charge in [-0.15, -0.1) is 0 Å². The third-order valence-corrected chi connectivity index (χ3v) is 2.12. The summed E-state index contributed by atoms with van der Waals surface area (Å²) >= 11 is 0. The molecule has 2 heteroatoms. The normalized spacial score (nSPS) is 11.4. The Labute approximate surface area is 85.6 Å². The molecular weight excluding hydrogens is 174 g/mol. The molecule has 0 spiro atoms. The molecule has 1 heterocycles. The third kappa shape index (κ3) is 4.08. The van der Waals surface area contributed by atoms with Gasteiger partial charge in [-0.25, -0.2) is 0 Å². The van der Waals surface area contributed by atoms with Crippen LogP contribution in [0.5, 0.6) is 0 Å². The Hall–Kier alpha value is -1.31. The van der Waals surface area contributed by atoms with Crippen molar-refractivity contribution in [2.24, 2.45) is 0 Å². The van der Waals surface area contributed by atoms with Gasteiger partial charge < -0.3 is 4.74 Å². The lowest BCUT2D eigenvalue weighted by atomic mass is 10.1. The summed E-state index contributed by atoms with van der Waals surface area (Å²) in [5.41, 5.74) is 1.16. The highest BCUT2D eigenvalue weighted by atomic mass is 16.5. The fraction of sp³-hybridized carbons (Fsp3) is 0.417. The van der Waals surface area contributed by atoms with E-state index >= 15 is 0 Å². The van der Waals surface area contributed by atoms with Crippen LogP contribution in [0.15, 0.2) is 36.2 Å². The summed E-state index contributed by atoms with van der Waals surface area (Å²) in [6.45, 7) is 1.97. The Bertz CT molecular complexity index is 280. The van der Waals surface area contributed by atoms with Gasteiger partial charge >= 0.3 is 0 Å². The first-order valence-electron chi connectivity index (χ1n) is 4.93. The van der Waals surface area contributed by atoms with Crippen LogP contribution in [0.4, 0.5) is 0 Å². The monoisotopic (exact) mass is 191 g/mol. The van der Waals surface area contributed by atoms with E-state index in [-0.39, 0.29) is 0 Å². The second kappa shape index (κ2) is 6.19. The second-order valence-electron chi connectivity index (χ2n) is 3.23. The molecule has 0 aliphatic carbocycles. The molecule has 1 aromatic heterocycles. The summed E-state index contributed by atoms with van der Waals surface area (Å²) in [4.78, 5) is 4.26. The first-order valence-corrected chi connectivity index (χ1v) is 4.93. The van der Waals surface area contributed by atoms with Crippen molar-refractivity contribution in [2.45, 2.75) is 26.2 Å². The molecule has 0 N–H and O–H groups in total. The van der Waals surface area contributed by atoms with Crippen molar-refractivity contribution in [3.05, 3.63) is 41.9 Å². The number of allylic oxidation sites excluding steroid dienone is 2. The van der Waals surface area contributed by atoms with Crippen molar-refractivity contribution < 1.29 is 4.74 Å². The van der Waals surface area contributed by atoms with Crippen LogP contribution < -0.4 is 0 Å². The highest BCUT2D eigenvalue weighted by molar-refractivity contribution is 5.03. The first-order chi connectivity index (χ1) is 6.83. The van der Waals surface area contributed by atoms with Gasteiger partial charge in [-0.05, 0) is 44.4 Å². The van der Waals surface area contributed by atoms with Gasteiger partial charge in [-0.2, -0.15) is 0 Å². The number of hydrogen-bond donors (Lipinski definition) is 0. The molecule has 0 amide bonds. The van der Waals surface area contributed by atoms with Gasteiger partial charge in [0, 0.05) is 11.9 Å². The summed E-state index contributed by atoms with van der Waals surface area (Å²) < 4.78 is 5.05. The van der Waals surface area contributed by atoms with E-state index < -0.39 is 0 Å². The molecular formula is C12H17NO. The quantitative estimate of drug-likeness (QED) is 0.527. The first kappa shape index (κ1) is 10.8. The number of aryl methyl sites for hydroxylation is 1. The highest BCUT2D eigenvalue weighted by Gasteiger charge is 1.92. The van der Waals surface area contributed by atoms with Gasteiger partial charge in [0.1, 0.15) is 0 Å². The second-order valence-corrected chi connectivity index (χ2v) is 3.23. The number of ether oxygens (including phenoxy) is 1. The molecule has 0 atom stereocenters. The average Bonchev–Trinajstić information content (AvgIpc) is 2.25. The smallest absolute Gasteiger partial charge is 0.0884 e. The molecule has 2 nitrogen and oxygen atoms in total. The van der Waals surface area contributed by atoms with E-state index in [9.17, 15) is 0 Å². The maximum absolute atomic E-state index is 5.05. The minimum Gasteiger partial charge on any atom is -0.502 e. The predicted molar refractivity (Wildman–Crippen MR) is 57.9 cm³/mol. The summed E-state index contributed by atoms with van der Waals surface area (Å²) in [5.74, 6) is 0.992.